The lowest BCUT2D eigenvalue weighted by molar-refractivity contribution is -0.171. The molecule has 4 rings (SSSR count). The van der Waals surface area contributed by atoms with Gasteiger partial charge in [0.25, 0.3) is 5.91 Å². The summed E-state index contributed by atoms with van der Waals surface area (Å²) in [5.74, 6) is -0.707. The summed E-state index contributed by atoms with van der Waals surface area (Å²) in [7, 11) is 1.58. The van der Waals surface area contributed by atoms with Crippen LogP contribution in [0.5, 0.6) is 5.75 Å². The molecule has 0 bridgehead atoms. The molecule has 1 aliphatic heterocycles. The summed E-state index contributed by atoms with van der Waals surface area (Å²) < 4.78 is 21.8. The highest BCUT2D eigenvalue weighted by atomic mass is 16.6. The van der Waals surface area contributed by atoms with E-state index in [0.717, 1.165) is 11.1 Å². The molecule has 2 aromatic rings. The van der Waals surface area contributed by atoms with E-state index in [1.165, 1.54) is 0 Å². The first-order valence-corrected chi connectivity index (χ1v) is 12.6. The van der Waals surface area contributed by atoms with Crippen LogP contribution in [0.2, 0.25) is 0 Å². The largest absolute Gasteiger partial charge is 0.497 e. The minimum atomic E-state index is -1.49. The zero-order valence-corrected chi connectivity index (χ0v) is 21.5. The second-order valence-corrected chi connectivity index (χ2v) is 9.08. The van der Waals surface area contributed by atoms with Crippen LogP contribution in [-0.4, -0.2) is 50.8 Å². The zero-order valence-electron chi connectivity index (χ0n) is 21.5. The molecule has 1 unspecified atom stereocenters. The van der Waals surface area contributed by atoms with E-state index in [1.54, 1.807) is 50.1 Å². The van der Waals surface area contributed by atoms with Crippen LogP contribution in [0.15, 0.2) is 65.7 Å². The van der Waals surface area contributed by atoms with Crippen molar-refractivity contribution in [2.75, 3.05) is 31.8 Å². The molecule has 1 aliphatic carbocycles. The summed E-state index contributed by atoms with van der Waals surface area (Å²) in [5.41, 5.74) is 1.56. The van der Waals surface area contributed by atoms with Crippen LogP contribution in [-0.2, 0) is 35.2 Å². The van der Waals surface area contributed by atoms with Gasteiger partial charge in [0.2, 0.25) is 0 Å². The van der Waals surface area contributed by atoms with E-state index in [1.807, 2.05) is 30.3 Å². The number of anilines is 1. The van der Waals surface area contributed by atoms with Crippen LogP contribution < -0.4 is 9.64 Å². The molecule has 2 aromatic carbocycles. The Bertz CT molecular complexity index is 1140. The molecule has 0 spiro atoms. The Labute approximate surface area is 217 Å². The summed E-state index contributed by atoms with van der Waals surface area (Å²) in [6.07, 6.45) is 0.555. The van der Waals surface area contributed by atoms with Gasteiger partial charge >= 0.3 is 11.9 Å². The normalized spacial score (nSPS) is 18.1. The number of methoxy groups -OCH3 is 1. The Morgan fingerprint density at radius 3 is 2.22 bits per heavy atom. The molecule has 1 fully saturated rings. The summed E-state index contributed by atoms with van der Waals surface area (Å²) in [6, 6.07) is 16.5. The molecular formula is C29H33NO7. The van der Waals surface area contributed by atoms with Crippen molar-refractivity contribution in [2.45, 2.75) is 45.8 Å². The molecule has 8 heteroatoms. The molecular weight excluding hydrogens is 474 g/mol. The van der Waals surface area contributed by atoms with Crippen molar-refractivity contribution in [2.24, 2.45) is 5.41 Å². The number of carbonyl (C=O) groups excluding carboxylic acids is 3. The average Bonchev–Trinajstić information content (AvgIpc) is 3.42. The molecule has 1 heterocycles. The van der Waals surface area contributed by atoms with Crippen LogP contribution >= 0.6 is 0 Å². The predicted octanol–water partition coefficient (Wildman–Crippen LogP) is 4.22. The minimum Gasteiger partial charge on any atom is -0.497 e. The molecule has 0 saturated heterocycles. The maximum Gasteiger partial charge on any atom is 0.323 e. The highest BCUT2D eigenvalue weighted by Gasteiger charge is 2.60. The van der Waals surface area contributed by atoms with E-state index in [4.69, 9.17) is 18.9 Å². The second-order valence-electron chi connectivity index (χ2n) is 9.08. The van der Waals surface area contributed by atoms with Gasteiger partial charge in [-0.2, -0.15) is 0 Å². The minimum absolute atomic E-state index is 0.0851. The number of carbonyl (C=O) groups is 3. The van der Waals surface area contributed by atoms with E-state index < -0.39 is 23.4 Å². The molecule has 1 saturated carbocycles. The number of amides is 1. The van der Waals surface area contributed by atoms with Crippen molar-refractivity contribution in [1.29, 1.82) is 0 Å². The van der Waals surface area contributed by atoms with Crippen molar-refractivity contribution in [1.82, 2.24) is 0 Å². The number of benzene rings is 2. The first-order valence-electron chi connectivity index (χ1n) is 12.6. The van der Waals surface area contributed by atoms with E-state index >= 15 is 0 Å². The summed E-state index contributed by atoms with van der Waals surface area (Å²) in [5, 5.41) is 0. The van der Waals surface area contributed by atoms with Crippen molar-refractivity contribution >= 4 is 23.5 Å². The number of ether oxygens (including phenoxy) is 4. The zero-order chi connectivity index (χ0) is 26.4. The number of hydrogen-bond acceptors (Lipinski definition) is 7. The lowest BCUT2D eigenvalue weighted by Crippen LogP contribution is -2.43. The van der Waals surface area contributed by atoms with Gasteiger partial charge in [-0.1, -0.05) is 30.3 Å². The van der Waals surface area contributed by atoms with Gasteiger partial charge < -0.3 is 23.8 Å². The fourth-order valence-corrected chi connectivity index (χ4v) is 5.13. The molecule has 8 nitrogen and oxygen atoms in total. The van der Waals surface area contributed by atoms with E-state index in [9.17, 15) is 14.4 Å². The quantitative estimate of drug-likeness (QED) is 0.255. The molecule has 0 N–H and O–H groups in total. The average molecular weight is 508 g/mol. The van der Waals surface area contributed by atoms with Crippen LogP contribution in [0.4, 0.5) is 5.69 Å². The van der Waals surface area contributed by atoms with Crippen LogP contribution in [0, 0.1) is 5.41 Å². The molecule has 196 valence electrons. The van der Waals surface area contributed by atoms with Gasteiger partial charge in [-0.15, -0.1) is 0 Å². The van der Waals surface area contributed by atoms with Gasteiger partial charge in [0.1, 0.15) is 5.75 Å². The maximum absolute atomic E-state index is 13.7. The van der Waals surface area contributed by atoms with Crippen molar-refractivity contribution in [3.63, 3.8) is 0 Å². The third-order valence-electron chi connectivity index (χ3n) is 6.90. The first kappa shape index (κ1) is 26.4. The second kappa shape index (κ2) is 11.6. The fourth-order valence-electron chi connectivity index (χ4n) is 5.13. The highest BCUT2D eigenvalue weighted by Crippen LogP contribution is 2.51. The van der Waals surface area contributed by atoms with Gasteiger partial charge in [-0.05, 0) is 62.1 Å². The topological polar surface area (TPSA) is 91.4 Å². The van der Waals surface area contributed by atoms with E-state index in [0.29, 0.717) is 36.6 Å². The van der Waals surface area contributed by atoms with Crippen molar-refractivity contribution in [3.05, 3.63) is 71.3 Å². The Balaban J connectivity index is 1.64. The lowest BCUT2D eigenvalue weighted by atomic mass is 9.84. The fraction of sp³-hybridized carbons (Fsp3) is 0.414. The first-order chi connectivity index (χ1) is 17.9. The number of nitrogens with zero attached hydrogens (tertiary/aromatic N) is 1. The standard InChI is InChI=1S/C29H33NO7/c1-4-36-27(32)29(28(33)37-5-2)17-24-23(15-16-35-19-20-9-7-6-8-10-20)26(31)30(25(24)18-29)21-11-13-22(34-3)14-12-21/h6-14,25H,4-5,15-19H2,1-3H3. The number of hydrogen-bond donors (Lipinski definition) is 0. The van der Waals surface area contributed by atoms with Gasteiger partial charge in [0, 0.05) is 17.7 Å². The molecule has 1 atom stereocenters. The Morgan fingerprint density at radius 2 is 1.62 bits per heavy atom. The maximum atomic E-state index is 13.7. The Morgan fingerprint density at radius 1 is 0.973 bits per heavy atom. The monoisotopic (exact) mass is 507 g/mol. The molecule has 1 amide bonds. The molecule has 37 heavy (non-hydrogen) atoms. The smallest absolute Gasteiger partial charge is 0.323 e. The summed E-state index contributed by atoms with van der Waals surface area (Å²) >= 11 is 0. The highest BCUT2D eigenvalue weighted by molar-refractivity contribution is 6.12. The Kier molecular flexibility index (Phi) is 8.28. The number of rotatable bonds is 11. The van der Waals surface area contributed by atoms with Crippen LogP contribution in [0.25, 0.3) is 0 Å². The van der Waals surface area contributed by atoms with Gasteiger partial charge in [-0.25, -0.2) is 0 Å². The molecule has 0 aromatic heterocycles. The van der Waals surface area contributed by atoms with E-state index in [-0.39, 0.29) is 32.0 Å². The summed E-state index contributed by atoms with van der Waals surface area (Å²) in [6.45, 7) is 4.45. The number of fused-ring (bicyclic) bond motifs is 1. The summed E-state index contributed by atoms with van der Waals surface area (Å²) in [4.78, 5) is 41.7. The number of esters is 2. The van der Waals surface area contributed by atoms with Crippen LogP contribution in [0.1, 0.15) is 38.7 Å². The van der Waals surface area contributed by atoms with Gasteiger partial charge in [0.15, 0.2) is 5.41 Å². The van der Waals surface area contributed by atoms with Crippen molar-refractivity contribution < 1.29 is 33.3 Å². The third-order valence-corrected chi connectivity index (χ3v) is 6.90. The van der Waals surface area contributed by atoms with Gasteiger partial charge in [-0.3, -0.25) is 14.4 Å². The molecule has 2 aliphatic rings. The predicted molar refractivity (Wildman–Crippen MR) is 137 cm³/mol. The lowest BCUT2D eigenvalue weighted by Gasteiger charge is -2.28. The molecule has 0 radical (unpaired) electrons. The SMILES string of the molecule is CCOC(=O)C1(C(=O)OCC)CC2=C(CCOCc3ccccc3)C(=O)N(c3ccc(OC)cc3)C2C1. The van der Waals surface area contributed by atoms with Gasteiger partial charge in [0.05, 0.1) is 39.6 Å². The van der Waals surface area contributed by atoms with E-state index in [2.05, 4.69) is 0 Å². The third kappa shape index (κ3) is 5.25. The van der Waals surface area contributed by atoms with Crippen molar-refractivity contribution in [3.8, 4) is 5.75 Å². The Hall–Kier alpha value is -3.65. The van der Waals surface area contributed by atoms with Crippen LogP contribution in [0.3, 0.4) is 0 Å².